The number of hydrogen-bond donors (Lipinski definition) is 1. The molecule has 0 bridgehead atoms. The standard InChI is InChI=1S/C12H20N4S/c1-8(2)6-16(7-9(3)4)11-10(5-13)17-12(14)15-11/h8-9H,6-7H2,1-4H3,(H2,14,15). The molecule has 4 nitrogen and oxygen atoms in total. The molecular weight excluding hydrogens is 232 g/mol. The quantitative estimate of drug-likeness (QED) is 0.875. The van der Waals surface area contributed by atoms with Crippen LogP contribution < -0.4 is 10.6 Å². The van der Waals surface area contributed by atoms with Crippen LogP contribution in [0.5, 0.6) is 0 Å². The van der Waals surface area contributed by atoms with Gasteiger partial charge >= 0.3 is 0 Å². The molecule has 1 rings (SSSR count). The Morgan fingerprint density at radius 1 is 1.29 bits per heavy atom. The van der Waals surface area contributed by atoms with E-state index in [9.17, 15) is 0 Å². The van der Waals surface area contributed by atoms with E-state index in [0.29, 0.717) is 21.8 Å². The van der Waals surface area contributed by atoms with Gasteiger partial charge in [0.1, 0.15) is 6.07 Å². The zero-order chi connectivity index (χ0) is 13.0. The molecule has 1 aromatic rings. The molecule has 0 spiro atoms. The fourth-order valence-corrected chi connectivity index (χ4v) is 2.40. The summed E-state index contributed by atoms with van der Waals surface area (Å²) in [6, 6.07) is 2.18. The van der Waals surface area contributed by atoms with Gasteiger partial charge in [0.25, 0.3) is 0 Å². The summed E-state index contributed by atoms with van der Waals surface area (Å²) < 4.78 is 0. The van der Waals surface area contributed by atoms with Crippen molar-refractivity contribution in [1.29, 1.82) is 5.26 Å². The molecule has 17 heavy (non-hydrogen) atoms. The smallest absolute Gasteiger partial charge is 0.183 e. The van der Waals surface area contributed by atoms with Crippen molar-refractivity contribution in [2.24, 2.45) is 11.8 Å². The molecule has 0 aromatic carbocycles. The fraction of sp³-hybridized carbons (Fsp3) is 0.667. The molecule has 2 N–H and O–H groups in total. The van der Waals surface area contributed by atoms with Crippen molar-refractivity contribution in [3.63, 3.8) is 0 Å². The minimum absolute atomic E-state index is 0.467. The number of nitrogens with zero attached hydrogens (tertiary/aromatic N) is 3. The van der Waals surface area contributed by atoms with Gasteiger partial charge in [0.15, 0.2) is 15.8 Å². The average molecular weight is 252 g/mol. The van der Waals surface area contributed by atoms with Crippen molar-refractivity contribution < 1.29 is 0 Å². The number of nitrogen functional groups attached to an aromatic ring is 1. The van der Waals surface area contributed by atoms with Crippen LogP contribution in [0.4, 0.5) is 10.9 Å². The number of nitriles is 1. The highest BCUT2D eigenvalue weighted by atomic mass is 32.1. The molecule has 0 radical (unpaired) electrons. The van der Waals surface area contributed by atoms with Gasteiger partial charge in [-0.25, -0.2) is 4.98 Å². The van der Waals surface area contributed by atoms with E-state index >= 15 is 0 Å². The Kier molecular flexibility index (Phi) is 4.76. The van der Waals surface area contributed by atoms with Crippen molar-refractivity contribution in [2.75, 3.05) is 23.7 Å². The van der Waals surface area contributed by atoms with Crippen LogP contribution in [0, 0.1) is 23.2 Å². The highest BCUT2D eigenvalue weighted by Crippen LogP contribution is 2.28. The van der Waals surface area contributed by atoms with Gasteiger partial charge in [0, 0.05) is 13.1 Å². The highest BCUT2D eigenvalue weighted by Gasteiger charge is 2.18. The van der Waals surface area contributed by atoms with Crippen LogP contribution in [0.15, 0.2) is 0 Å². The van der Waals surface area contributed by atoms with Crippen molar-refractivity contribution in [3.8, 4) is 6.07 Å². The van der Waals surface area contributed by atoms with Crippen LogP contribution in [-0.4, -0.2) is 18.1 Å². The summed E-state index contributed by atoms with van der Waals surface area (Å²) in [6.45, 7) is 10.4. The van der Waals surface area contributed by atoms with Gasteiger partial charge in [0.05, 0.1) is 0 Å². The second-order valence-electron chi connectivity index (χ2n) is 5.01. The summed E-state index contributed by atoms with van der Waals surface area (Å²) >= 11 is 1.26. The second-order valence-corrected chi connectivity index (χ2v) is 6.04. The summed E-state index contributed by atoms with van der Waals surface area (Å²) in [5.41, 5.74) is 5.68. The lowest BCUT2D eigenvalue weighted by molar-refractivity contribution is 0.549. The zero-order valence-electron chi connectivity index (χ0n) is 10.9. The van der Waals surface area contributed by atoms with Gasteiger partial charge in [-0.15, -0.1) is 0 Å². The molecule has 0 atom stereocenters. The van der Waals surface area contributed by atoms with Crippen LogP contribution in [0.25, 0.3) is 0 Å². The number of thiazole rings is 1. The van der Waals surface area contributed by atoms with Gasteiger partial charge in [-0.3, -0.25) is 0 Å². The van der Waals surface area contributed by atoms with Crippen LogP contribution in [-0.2, 0) is 0 Å². The van der Waals surface area contributed by atoms with E-state index in [-0.39, 0.29) is 0 Å². The lowest BCUT2D eigenvalue weighted by atomic mass is 10.1. The first-order chi connectivity index (χ1) is 7.93. The third kappa shape index (κ3) is 3.90. The monoisotopic (exact) mass is 252 g/mol. The largest absolute Gasteiger partial charge is 0.375 e. The maximum atomic E-state index is 9.09. The molecule has 0 aliphatic rings. The molecule has 1 aromatic heterocycles. The first-order valence-electron chi connectivity index (χ1n) is 5.85. The lowest BCUT2D eigenvalue weighted by Gasteiger charge is -2.26. The summed E-state index contributed by atoms with van der Waals surface area (Å²) in [5, 5.41) is 9.55. The van der Waals surface area contributed by atoms with E-state index in [0.717, 1.165) is 18.9 Å². The van der Waals surface area contributed by atoms with E-state index in [1.165, 1.54) is 11.3 Å². The Morgan fingerprint density at radius 2 is 1.82 bits per heavy atom. The van der Waals surface area contributed by atoms with Crippen molar-refractivity contribution in [1.82, 2.24) is 4.98 Å². The summed E-state index contributed by atoms with van der Waals surface area (Å²) in [4.78, 5) is 7.07. The number of anilines is 2. The Bertz CT molecular complexity index is 393. The SMILES string of the molecule is CC(C)CN(CC(C)C)c1nc(N)sc1C#N. The van der Waals surface area contributed by atoms with Crippen LogP contribution in [0.3, 0.4) is 0 Å². The first kappa shape index (κ1) is 13.8. The number of aromatic nitrogens is 1. The topological polar surface area (TPSA) is 65.9 Å². The van der Waals surface area contributed by atoms with Gasteiger partial charge in [-0.1, -0.05) is 39.0 Å². The van der Waals surface area contributed by atoms with Gasteiger partial charge in [0.2, 0.25) is 0 Å². The van der Waals surface area contributed by atoms with E-state index in [1.807, 2.05) is 0 Å². The Labute approximate surface area is 107 Å². The summed E-state index contributed by atoms with van der Waals surface area (Å²) in [5.74, 6) is 1.81. The lowest BCUT2D eigenvalue weighted by Crippen LogP contribution is -2.32. The van der Waals surface area contributed by atoms with E-state index < -0.39 is 0 Å². The molecule has 5 heteroatoms. The highest BCUT2D eigenvalue weighted by molar-refractivity contribution is 7.16. The van der Waals surface area contributed by atoms with Crippen LogP contribution in [0.2, 0.25) is 0 Å². The maximum absolute atomic E-state index is 9.09. The molecule has 0 saturated heterocycles. The predicted octanol–water partition coefficient (Wildman–Crippen LogP) is 2.72. The number of rotatable bonds is 5. The van der Waals surface area contributed by atoms with Crippen molar-refractivity contribution in [3.05, 3.63) is 4.88 Å². The van der Waals surface area contributed by atoms with E-state index in [4.69, 9.17) is 11.0 Å². The molecule has 0 amide bonds. The average Bonchev–Trinajstić information content (AvgIpc) is 2.57. The Morgan fingerprint density at radius 3 is 2.24 bits per heavy atom. The number of hydrogen-bond acceptors (Lipinski definition) is 5. The molecule has 0 saturated carbocycles. The van der Waals surface area contributed by atoms with Crippen molar-refractivity contribution in [2.45, 2.75) is 27.7 Å². The van der Waals surface area contributed by atoms with Crippen LogP contribution >= 0.6 is 11.3 Å². The van der Waals surface area contributed by atoms with E-state index in [1.54, 1.807) is 0 Å². The molecule has 0 fully saturated rings. The van der Waals surface area contributed by atoms with Gasteiger partial charge < -0.3 is 10.6 Å². The van der Waals surface area contributed by atoms with Gasteiger partial charge in [-0.2, -0.15) is 5.26 Å². The molecule has 0 aliphatic carbocycles. The molecular formula is C12H20N4S. The minimum Gasteiger partial charge on any atom is -0.375 e. The Balaban J connectivity index is 2.99. The van der Waals surface area contributed by atoms with Crippen LogP contribution in [0.1, 0.15) is 32.6 Å². The molecule has 94 valence electrons. The second kappa shape index (κ2) is 5.87. The molecule has 1 heterocycles. The van der Waals surface area contributed by atoms with Crippen molar-refractivity contribution >= 4 is 22.3 Å². The first-order valence-corrected chi connectivity index (χ1v) is 6.67. The molecule has 0 aliphatic heterocycles. The minimum atomic E-state index is 0.467. The third-order valence-electron chi connectivity index (χ3n) is 2.20. The van der Waals surface area contributed by atoms with E-state index in [2.05, 4.69) is 43.6 Å². The fourth-order valence-electron chi connectivity index (χ4n) is 1.74. The summed E-state index contributed by atoms with van der Waals surface area (Å²) in [6.07, 6.45) is 0. The maximum Gasteiger partial charge on any atom is 0.183 e. The third-order valence-corrected chi connectivity index (χ3v) is 2.98. The Hall–Kier alpha value is -1.28. The number of nitrogens with two attached hydrogens (primary N) is 1. The normalized spacial score (nSPS) is 10.9. The molecule has 0 unspecified atom stereocenters. The zero-order valence-corrected chi connectivity index (χ0v) is 11.7. The van der Waals surface area contributed by atoms with Gasteiger partial charge in [-0.05, 0) is 11.8 Å². The summed E-state index contributed by atoms with van der Waals surface area (Å²) in [7, 11) is 0. The predicted molar refractivity (Wildman–Crippen MR) is 73.1 cm³/mol.